The van der Waals surface area contributed by atoms with Crippen LogP contribution in [-0.2, 0) is 6.54 Å². The number of carbonyl (C=O) groups is 1. The van der Waals surface area contributed by atoms with Gasteiger partial charge >= 0.3 is 12.6 Å². The molecule has 0 saturated heterocycles. The van der Waals surface area contributed by atoms with Crippen molar-refractivity contribution in [3.63, 3.8) is 0 Å². The van der Waals surface area contributed by atoms with Crippen molar-refractivity contribution in [2.75, 3.05) is 0 Å². The average Bonchev–Trinajstić information content (AvgIpc) is 3.10. The van der Waals surface area contributed by atoms with E-state index in [2.05, 4.69) is 20.4 Å². The highest BCUT2D eigenvalue weighted by Gasteiger charge is 2.39. The molecule has 5 nitrogen and oxygen atoms in total. The number of ether oxygens (including phenoxy) is 1. The Morgan fingerprint density at radius 2 is 2.22 bits per heavy atom. The Bertz CT molecular complexity index is 556. The molecule has 2 amide bonds. The summed E-state index contributed by atoms with van der Waals surface area (Å²) in [4.78, 5) is 15.7. The molecule has 1 heterocycles. The molecule has 3 rings (SSSR count). The number of halogens is 2. The van der Waals surface area contributed by atoms with Crippen LogP contribution in [0.3, 0.4) is 0 Å². The van der Waals surface area contributed by atoms with Crippen molar-refractivity contribution in [3.8, 4) is 5.88 Å². The monoisotopic (exact) mass is 325 g/mol. The molecule has 1 aromatic rings. The molecule has 7 heteroatoms. The van der Waals surface area contributed by atoms with Gasteiger partial charge in [0.25, 0.3) is 0 Å². The number of hydrogen-bond acceptors (Lipinski definition) is 3. The van der Waals surface area contributed by atoms with Crippen molar-refractivity contribution in [3.05, 3.63) is 23.9 Å². The Labute approximate surface area is 133 Å². The zero-order chi connectivity index (χ0) is 16.2. The zero-order valence-corrected chi connectivity index (χ0v) is 12.8. The summed E-state index contributed by atoms with van der Waals surface area (Å²) >= 11 is 0. The highest BCUT2D eigenvalue weighted by Crippen LogP contribution is 2.43. The number of nitrogens with zero attached hydrogens (tertiary/aromatic N) is 1. The summed E-state index contributed by atoms with van der Waals surface area (Å²) in [5, 5.41) is 5.82. The second-order valence-corrected chi connectivity index (χ2v) is 6.25. The quantitative estimate of drug-likeness (QED) is 0.874. The van der Waals surface area contributed by atoms with Gasteiger partial charge in [0.1, 0.15) is 0 Å². The number of hydrogen-bond donors (Lipinski definition) is 2. The molecule has 0 radical (unpaired) electrons. The number of amides is 2. The molecule has 2 aliphatic rings. The third-order valence-corrected chi connectivity index (χ3v) is 4.86. The minimum absolute atomic E-state index is 0.149. The Hall–Kier alpha value is -1.92. The van der Waals surface area contributed by atoms with Crippen LogP contribution < -0.4 is 15.4 Å². The van der Waals surface area contributed by atoms with Crippen LogP contribution in [0.2, 0.25) is 0 Å². The van der Waals surface area contributed by atoms with Gasteiger partial charge in [0.15, 0.2) is 0 Å². The molecule has 0 spiro atoms. The van der Waals surface area contributed by atoms with E-state index in [1.165, 1.54) is 37.9 Å². The van der Waals surface area contributed by atoms with Crippen LogP contribution in [0.4, 0.5) is 13.6 Å². The number of urea groups is 1. The van der Waals surface area contributed by atoms with Gasteiger partial charge in [-0.25, -0.2) is 9.78 Å². The lowest BCUT2D eigenvalue weighted by molar-refractivity contribution is -0.0529. The summed E-state index contributed by atoms with van der Waals surface area (Å²) in [6.45, 7) is -2.66. The van der Waals surface area contributed by atoms with Gasteiger partial charge in [-0.05, 0) is 42.7 Å². The van der Waals surface area contributed by atoms with E-state index < -0.39 is 6.61 Å². The highest BCUT2D eigenvalue weighted by molar-refractivity contribution is 5.74. The maximum Gasteiger partial charge on any atom is 0.388 e. The van der Waals surface area contributed by atoms with Crippen LogP contribution in [0, 0.1) is 11.8 Å². The van der Waals surface area contributed by atoms with Gasteiger partial charge in [0.05, 0.1) is 0 Å². The first kappa shape index (κ1) is 16.0. The number of nitrogens with one attached hydrogen (secondary N) is 2. The maximum atomic E-state index is 12.2. The lowest BCUT2D eigenvalue weighted by atomic mass is 9.98. The molecular formula is C16H21F2N3O2. The minimum Gasteiger partial charge on any atom is -0.417 e. The summed E-state index contributed by atoms with van der Waals surface area (Å²) in [6, 6.07) is 3.10. The van der Waals surface area contributed by atoms with E-state index in [1.807, 2.05) is 0 Å². The van der Waals surface area contributed by atoms with Crippen molar-refractivity contribution >= 4 is 6.03 Å². The molecule has 23 heavy (non-hydrogen) atoms. The molecule has 0 unspecified atom stereocenters. The fourth-order valence-corrected chi connectivity index (χ4v) is 3.86. The van der Waals surface area contributed by atoms with Crippen molar-refractivity contribution < 1.29 is 18.3 Å². The van der Waals surface area contributed by atoms with Crippen LogP contribution in [0.5, 0.6) is 5.88 Å². The Balaban J connectivity index is 1.47. The van der Waals surface area contributed by atoms with Crippen LogP contribution in [0.25, 0.3) is 0 Å². The smallest absolute Gasteiger partial charge is 0.388 e. The fraction of sp³-hybridized carbons (Fsp3) is 0.625. The summed E-state index contributed by atoms with van der Waals surface area (Å²) in [7, 11) is 0. The number of carbonyl (C=O) groups excluding carboxylic acids is 1. The first-order valence-electron chi connectivity index (χ1n) is 8.06. The predicted molar refractivity (Wildman–Crippen MR) is 80.1 cm³/mol. The Kier molecular flexibility index (Phi) is 4.93. The summed E-state index contributed by atoms with van der Waals surface area (Å²) in [5.41, 5.74) is 0.663. The molecule has 0 bridgehead atoms. The Morgan fingerprint density at radius 3 is 3.04 bits per heavy atom. The van der Waals surface area contributed by atoms with Crippen molar-refractivity contribution in [2.45, 2.75) is 51.3 Å². The van der Waals surface area contributed by atoms with Gasteiger partial charge in [-0.15, -0.1) is 0 Å². The van der Waals surface area contributed by atoms with E-state index in [0.717, 1.165) is 12.3 Å². The summed E-state index contributed by atoms with van der Waals surface area (Å²) in [5.74, 6) is 1.24. The number of alkyl halides is 2. The second kappa shape index (κ2) is 7.10. The van der Waals surface area contributed by atoms with E-state index in [1.54, 1.807) is 6.07 Å². The standard InChI is InChI=1S/C16H21F2N3O2/c17-15(18)23-14-8-10(6-7-19-14)9-20-16(22)21-13-5-4-11-2-1-3-12(11)13/h6-8,11-13,15H,1-5,9H2,(H2,20,21,22)/t11-,12-,13-/m0/s1. The lowest BCUT2D eigenvalue weighted by Gasteiger charge is -2.20. The largest absolute Gasteiger partial charge is 0.417 e. The SMILES string of the molecule is O=C(NCc1ccnc(OC(F)F)c1)N[C@H]1CC[C@@H]2CCC[C@@H]21. The molecule has 2 fully saturated rings. The van der Waals surface area contributed by atoms with Gasteiger partial charge in [0.2, 0.25) is 5.88 Å². The number of aromatic nitrogens is 1. The third-order valence-electron chi connectivity index (χ3n) is 4.86. The summed E-state index contributed by atoms with van der Waals surface area (Å²) in [6.07, 6.45) is 7.38. The third kappa shape index (κ3) is 4.09. The second-order valence-electron chi connectivity index (χ2n) is 6.25. The fourth-order valence-electron chi connectivity index (χ4n) is 3.86. The maximum absolute atomic E-state index is 12.2. The van der Waals surface area contributed by atoms with E-state index in [4.69, 9.17) is 0 Å². The molecule has 0 aliphatic heterocycles. The van der Waals surface area contributed by atoms with Crippen LogP contribution >= 0.6 is 0 Å². The summed E-state index contributed by atoms with van der Waals surface area (Å²) < 4.78 is 28.6. The molecule has 0 aromatic carbocycles. The van der Waals surface area contributed by atoms with Gasteiger partial charge < -0.3 is 15.4 Å². The van der Waals surface area contributed by atoms with Gasteiger partial charge in [-0.2, -0.15) is 8.78 Å². The first-order chi connectivity index (χ1) is 11.1. The topological polar surface area (TPSA) is 63.2 Å². The minimum atomic E-state index is -2.91. The number of rotatable bonds is 5. The number of fused-ring (bicyclic) bond motifs is 1. The van der Waals surface area contributed by atoms with Crippen LogP contribution in [-0.4, -0.2) is 23.7 Å². The first-order valence-corrected chi connectivity index (χ1v) is 8.06. The van der Waals surface area contributed by atoms with E-state index in [-0.39, 0.29) is 24.5 Å². The Morgan fingerprint density at radius 1 is 1.35 bits per heavy atom. The van der Waals surface area contributed by atoms with Crippen LogP contribution in [0.15, 0.2) is 18.3 Å². The van der Waals surface area contributed by atoms with E-state index >= 15 is 0 Å². The van der Waals surface area contributed by atoms with Gasteiger partial charge in [0, 0.05) is 24.8 Å². The molecule has 1 aromatic heterocycles. The van der Waals surface area contributed by atoms with Crippen molar-refractivity contribution in [1.29, 1.82) is 0 Å². The molecule has 2 aliphatic carbocycles. The van der Waals surface area contributed by atoms with Gasteiger partial charge in [-0.3, -0.25) is 0 Å². The molecule has 126 valence electrons. The molecule has 3 atom stereocenters. The molecule has 2 saturated carbocycles. The number of pyridine rings is 1. The lowest BCUT2D eigenvalue weighted by Crippen LogP contribution is -2.43. The van der Waals surface area contributed by atoms with E-state index in [9.17, 15) is 13.6 Å². The van der Waals surface area contributed by atoms with Crippen LogP contribution in [0.1, 0.15) is 37.7 Å². The van der Waals surface area contributed by atoms with Crippen molar-refractivity contribution in [1.82, 2.24) is 15.6 Å². The molecular weight excluding hydrogens is 304 g/mol. The van der Waals surface area contributed by atoms with Gasteiger partial charge in [-0.1, -0.05) is 12.8 Å². The van der Waals surface area contributed by atoms with E-state index in [0.29, 0.717) is 11.5 Å². The van der Waals surface area contributed by atoms with Crippen molar-refractivity contribution in [2.24, 2.45) is 11.8 Å². The molecule has 2 N–H and O–H groups in total. The highest BCUT2D eigenvalue weighted by atomic mass is 19.3. The zero-order valence-electron chi connectivity index (χ0n) is 12.8. The average molecular weight is 325 g/mol. The normalized spacial score (nSPS) is 26.1. The predicted octanol–water partition coefficient (Wildman–Crippen LogP) is 3.06.